The Kier molecular flexibility index (Phi) is 1.08. The smallest absolute Gasteiger partial charge is 0.0719 e. The molecule has 2 N–H and O–H groups in total. The van der Waals surface area contributed by atoms with E-state index in [-0.39, 0.29) is 0 Å². The molecule has 0 unspecified atom stereocenters. The molecule has 0 radical (unpaired) electrons. The van der Waals surface area contributed by atoms with E-state index in [1.165, 1.54) is 0 Å². The number of rotatable bonds is 1. The van der Waals surface area contributed by atoms with Crippen LogP contribution in [-0.4, -0.2) is 19.3 Å². The van der Waals surface area contributed by atoms with Crippen molar-refractivity contribution in [3.63, 3.8) is 0 Å². The van der Waals surface area contributed by atoms with E-state index in [0.717, 1.165) is 13.0 Å². The molecule has 1 rings (SSSR count). The van der Waals surface area contributed by atoms with E-state index in [4.69, 9.17) is 10.5 Å². The van der Waals surface area contributed by atoms with Crippen molar-refractivity contribution in [2.24, 2.45) is 5.73 Å². The van der Waals surface area contributed by atoms with Crippen LogP contribution in [0.3, 0.4) is 0 Å². The van der Waals surface area contributed by atoms with E-state index >= 15 is 0 Å². The van der Waals surface area contributed by atoms with Crippen molar-refractivity contribution < 1.29 is 4.74 Å². The molecule has 1 heterocycles. The van der Waals surface area contributed by atoms with Gasteiger partial charge in [-0.1, -0.05) is 0 Å². The van der Waals surface area contributed by atoms with Gasteiger partial charge in [0.15, 0.2) is 0 Å². The summed E-state index contributed by atoms with van der Waals surface area (Å²) in [6, 6.07) is 0. The Morgan fingerprint density at radius 3 is 2.50 bits per heavy atom. The van der Waals surface area contributed by atoms with Crippen LogP contribution >= 0.6 is 0 Å². The molecule has 0 aromatic heterocycles. The molecule has 36 valence electrons. The summed E-state index contributed by atoms with van der Waals surface area (Å²) in [4.78, 5) is 0. The van der Waals surface area contributed by atoms with Crippen molar-refractivity contribution in [2.75, 3.05) is 13.2 Å². The third-order valence-electron chi connectivity index (χ3n) is 1.06. The molecular formula is C4H9NO. The third kappa shape index (κ3) is 0.533. The first kappa shape index (κ1) is 4.09. The predicted molar refractivity (Wildman–Crippen MR) is 23.4 cm³/mol. The second kappa shape index (κ2) is 1.58. The lowest BCUT2D eigenvalue weighted by Crippen LogP contribution is -2.33. The zero-order valence-electron chi connectivity index (χ0n) is 3.68. The molecule has 1 fully saturated rings. The molecule has 0 bridgehead atoms. The van der Waals surface area contributed by atoms with Gasteiger partial charge in [-0.2, -0.15) is 0 Å². The van der Waals surface area contributed by atoms with Crippen molar-refractivity contribution >= 4 is 0 Å². The summed E-state index contributed by atoms with van der Waals surface area (Å²) in [5.74, 6) is 0. The fourth-order valence-electron chi connectivity index (χ4n) is 0.470. The summed E-state index contributed by atoms with van der Waals surface area (Å²) in [5.41, 5.74) is 5.21. The summed E-state index contributed by atoms with van der Waals surface area (Å²) in [5, 5.41) is 0. The van der Waals surface area contributed by atoms with Gasteiger partial charge in [-0.05, 0) is 6.42 Å². The van der Waals surface area contributed by atoms with Gasteiger partial charge in [0.1, 0.15) is 0 Å². The van der Waals surface area contributed by atoms with Gasteiger partial charge < -0.3 is 10.5 Å². The van der Waals surface area contributed by atoms with E-state index in [9.17, 15) is 0 Å². The fourth-order valence-corrected chi connectivity index (χ4v) is 0.470. The third-order valence-corrected chi connectivity index (χ3v) is 1.06. The molecule has 0 aromatic rings. The van der Waals surface area contributed by atoms with Crippen molar-refractivity contribution in [3.8, 4) is 0 Å². The quantitative estimate of drug-likeness (QED) is 0.478. The molecule has 2 nitrogen and oxygen atoms in total. The Morgan fingerprint density at radius 1 is 1.83 bits per heavy atom. The van der Waals surface area contributed by atoms with Crippen LogP contribution in [0.15, 0.2) is 0 Å². The first-order chi connectivity index (χ1) is 2.93. The molecule has 6 heavy (non-hydrogen) atoms. The van der Waals surface area contributed by atoms with Gasteiger partial charge in [0.2, 0.25) is 0 Å². The fraction of sp³-hybridized carbons (Fsp3) is 1.00. The average Bonchev–Trinajstić information content (AvgIpc) is 1.31. The zero-order valence-corrected chi connectivity index (χ0v) is 3.68. The highest BCUT2D eigenvalue weighted by molar-refractivity contribution is 4.65. The summed E-state index contributed by atoms with van der Waals surface area (Å²) in [7, 11) is 0. The predicted octanol–water partition coefficient (Wildman–Crippen LogP) is -0.266. The molecule has 0 aromatic carbocycles. The summed E-state index contributed by atoms with van der Waals surface area (Å²) >= 11 is 0. The van der Waals surface area contributed by atoms with Gasteiger partial charge in [-0.15, -0.1) is 0 Å². The second-order valence-corrected chi connectivity index (χ2v) is 1.52. The minimum absolute atomic E-state index is 0.394. The molecule has 0 spiro atoms. The van der Waals surface area contributed by atoms with E-state index in [0.29, 0.717) is 12.6 Å². The van der Waals surface area contributed by atoms with Crippen molar-refractivity contribution in [1.29, 1.82) is 0 Å². The lowest BCUT2D eigenvalue weighted by Gasteiger charge is -2.24. The van der Waals surface area contributed by atoms with Gasteiger partial charge in [0.05, 0.1) is 6.10 Å². The number of ether oxygens (including phenoxy) is 1. The van der Waals surface area contributed by atoms with Crippen LogP contribution in [0, 0.1) is 0 Å². The maximum Gasteiger partial charge on any atom is 0.0719 e. The molecular weight excluding hydrogens is 78.0 g/mol. The average molecular weight is 87.1 g/mol. The Morgan fingerprint density at radius 2 is 2.50 bits per heavy atom. The highest BCUT2D eigenvalue weighted by atomic mass is 16.5. The topological polar surface area (TPSA) is 35.2 Å². The lowest BCUT2D eigenvalue weighted by molar-refractivity contribution is -0.0435. The molecule has 1 saturated heterocycles. The van der Waals surface area contributed by atoms with Crippen molar-refractivity contribution in [2.45, 2.75) is 12.5 Å². The van der Waals surface area contributed by atoms with E-state index < -0.39 is 0 Å². The van der Waals surface area contributed by atoms with Gasteiger partial charge >= 0.3 is 0 Å². The zero-order chi connectivity index (χ0) is 4.41. The minimum Gasteiger partial charge on any atom is -0.377 e. The molecule has 2 heteroatoms. The van der Waals surface area contributed by atoms with Gasteiger partial charge in [0, 0.05) is 13.2 Å². The lowest BCUT2D eigenvalue weighted by atomic mass is 10.2. The maximum atomic E-state index is 5.21. The Balaban J connectivity index is 2.01. The monoisotopic (exact) mass is 87.1 g/mol. The normalized spacial score (nSPS) is 32.5. The molecule has 0 saturated carbocycles. The minimum atomic E-state index is 0.394. The van der Waals surface area contributed by atoms with Gasteiger partial charge in [-0.25, -0.2) is 0 Å². The Labute approximate surface area is 37.3 Å². The van der Waals surface area contributed by atoms with Crippen LogP contribution in [0.25, 0.3) is 0 Å². The summed E-state index contributed by atoms with van der Waals surface area (Å²) < 4.78 is 4.95. The summed E-state index contributed by atoms with van der Waals surface area (Å²) in [6.07, 6.45) is 1.56. The van der Waals surface area contributed by atoms with E-state index in [1.807, 2.05) is 0 Å². The van der Waals surface area contributed by atoms with Crippen LogP contribution in [0.2, 0.25) is 0 Å². The Hall–Kier alpha value is -0.0800. The van der Waals surface area contributed by atoms with Crippen LogP contribution in [0.1, 0.15) is 6.42 Å². The van der Waals surface area contributed by atoms with Gasteiger partial charge in [-0.3, -0.25) is 0 Å². The first-order valence-corrected chi connectivity index (χ1v) is 2.25. The first-order valence-electron chi connectivity index (χ1n) is 2.25. The molecule has 0 amide bonds. The molecule has 0 aliphatic carbocycles. The number of hydrogen-bond donors (Lipinski definition) is 1. The highest BCUT2D eigenvalue weighted by Crippen LogP contribution is 2.07. The van der Waals surface area contributed by atoms with Crippen LogP contribution in [0.5, 0.6) is 0 Å². The van der Waals surface area contributed by atoms with E-state index in [2.05, 4.69) is 0 Å². The van der Waals surface area contributed by atoms with E-state index in [1.54, 1.807) is 0 Å². The maximum absolute atomic E-state index is 5.21. The second-order valence-electron chi connectivity index (χ2n) is 1.52. The number of hydrogen-bond acceptors (Lipinski definition) is 2. The largest absolute Gasteiger partial charge is 0.377 e. The van der Waals surface area contributed by atoms with Crippen molar-refractivity contribution in [3.05, 3.63) is 0 Å². The summed E-state index contributed by atoms with van der Waals surface area (Å²) in [6.45, 7) is 1.61. The number of nitrogens with two attached hydrogens (primary N) is 1. The molecule has 1 aliphatic rings. The SMILES string of the molecule is NC[C@@H]1CCO1. The van der Waals surface area contributed by atoms with Crippen molar-refractivity contribution in [1.82, 2.24) is 0 Å². The van der Waals surface area contributed by atoms with Crippen LogP contribution in [-0.2, 0) is 4.74 Å². The van der Waals surface area contributed by atoms with Gasteiger partial charge in [0.25, 0.3) is 0 Å². The molecule has 1 atom stereocenters. The van der Waals surface area contributed by atoms with Crippen LogP contribution in [0.4, 0.5) is 0 Å². The standard InChI is InChI=1S/C4H9NO/c5-3-4-1-2-6-4/h4H,1-3,5H2/t4-/m0/s1. The highest BCUT2D eigenvalue weighted by Gasteiger charge is 2.14. The Bertz CT molecular complexity index is 40.1. The molecule has 1 aliphatic heterocycles. The van der Waals surface area contributed by atoms with Crippen LogP contribution < -0.4 is 5.73 Å².